The van der Waals surface area contributed by atoms with Crippen molar-refractivity contribution in [3.05, 3.63) is 24.3 Å². The minimum Gasteiger partial charge on any atom is -0.394 e. The summed E-state index contributed by atoms with van der Waals surface area (Å²) >= 11 is 0. The molecule has 0 aliphatic carbocycles. The zero-order valence-electron chi connectivity index (χ0n) is 38.3. The summed E-state index contributed by atoms with van der Waals surface area (Å²) in [6, 6.07) is -0.711. The number of aliphatic hydroxyl groups excluding tert-OH is 5. The second kappa shape index (κ2) is 40.7. The lowest BCUT2D eigenvalue weighted by atomic mass is 9.99. The molecule has 1 saturated heterocycles. The summed E-state index contributed by atoms with van der Waals surface area (Å²) in [7, 11) is 0. The Bertz CT molecular complexity index is 977. The molecule has 9 heteroatoms. The van der Waals surface area contributed by atoms with E-state index in [0.717, 1.165) is 44.9 Å². The highest BCUT2D eigenvalue weighted by molar-refractivity contribution is 5.76. The van der Waals surface area contributed by atoms with Gasteiger partial charge < -0.3 is 40.3 Å². The maximum atomic E-state index is 12.8. The van der Waals surface area contributed by atoms with E-state index in [9.17, 15) is 30.3 Å². The Morgan fingerprint density at radius 1 is 0.576 bits per heavy atom. The van der Waals surface area contributed by atoms with Gasteiger partial charge in [-0.05, 0) is 44.9 Å². The van der Waals surface area contributed by atoms with Crippen LogP contribution in [0, 0.1) is 0 Å². The molecule has 7 unspecified atom stereocenters. The van der Waals surface area contributed by atoms with Crippen LogP contribution in [0.25, 0.3) is 0 Å². The van der Waals surface area contributed by atoms with Crippen LogP contribution in [0.3, 0.4) is 0 Å². The number of carbonyl (C=O) groups is 1. The highest BCUT2D eigenvalue weighted by Crippen LogP contribution is 2.23. The van der Waals surface area contributed by atoms with Gasteiger partial charge in [0.2, 0.25) is 5.91 Å². The first-order valence-electron chi connectivity index (χ1n) is 25.0. The lowest BCUT2D eigenvalue weighted by molar-refractivity contribution is -0.302. The van der Waals surface area contributed by atoms with E-state index in [0.29, 0.717) is 12.8 Å². The van der Waals surface area contributed by atoms with Gasteiger partial charge in [0.15, 0.2) is 6.29 Å². The average molecular weight is 838 g/mol. The molecule has 0 radical (unpaired) electrons. The van der Waals surface area contributed by atoms with E-state index in [1.54, 1.807) is 0 Å². The summed E-state index contributed by atoms with van der Waals surface area (Å²) in [5.74, 6) is -0.153. The largest absolute Gasteiger partial charge is 0.394 e. The molecule has 0 bridgehead atoms. The van der Waals surface area contributed by atoms with E-state index < -0.39 is 49.5 Å². The Morgan fingerprint density at radius 2 is 1.00 bits per heavy atom. The number of hydrogen-bond donors (Lipinski definition) is 6. The van der Waals surface area contributed by atoms with E-state index >= 15 is 0 Å². The second-order valence-corrected chi connectivity index (χ2v) is 17.6. The topological polar surface area (TPSA) is 149 Å². The molecule has 59 heavy (non-hydrogen) atoms. The minimum atomic E-state index is -1.55. The normalized spacial score (nSPS) is 20.8. The van der Waals surface area contributed by atoms with Crippen LogP contribution in [-0.2, 0) is 14.3 Å². The number of amides is 1. The van der Waals surface area contributed by atoms with Gasteiger partial charge in [0.25, 0.3) is 0 Å². The summed E-state index contributed by atoms with van der Waals surface area (Å²) in [5.41, 5.74) is 0. The zero-order chi connectivity index (χ0) is 43.0. The van der Waals surface area contributed by atoms with Crippen molar-refractivity contribution in [3.63, 3.8) is 0 Å². The number of allylic oxidation sites excluding steroid dienone is 4. The molecular formula is C50H95NO8. The summed E-state index contributed by atoms with van der Waals surface area (Å²) in [4.78, 5) is 12.8. The van der Waals surface area contributed by atoms with Crippen LogP contribution in [0.4, 0.5) is 0 Å². The standard InChI is InChI=1S/C50H95NO8/c1-3-5-7-8-9-10-11-12-13-14-15-16-17-18-19-20-21-22-23-24-25-26-27-28-29-30-31-32-33-34-35-36-38-40-46(54)51-43(44(53)39-37-6-4-2)42-58-50-49(57)48(56)47(55)45(41-52)59-50/h11-12,14-15,43-45,47-50,52-53,55-57H,3-10,13,16-42H2,1-2H3,(H,51,54)/b12-11-,15-14-. The molecule has 1 rings (SSSR count). The Hall–Kier alpha value is -1.33. The molecular weight excluding hydrogens is 743 g/mol. The highest BCUT2D eigenvalue weighted by atomic mass is 16.7. The van der Waals surface area contributed by atoms with E-state index in [1.165, 1.54) is 161 Å². The second-order valence-electron chi connectivity index (χ2n) is 17.6. The molecule has 1 fully saturated rings. The van der Waals surface area contributed by atoms with Crippen LogP contribution in [0.2, 0.25) is 0 Å². The Balaban J connectivity index is 1.95. The van der Waals surface area contributed by atoms with E-state index in [4.69, 9.17) is 9.47 Å². The third-order valence-electron chi connectivity index (χ3n) is 12.1. The molecule has 0 aromatic heterocycles. The minimum absolute atomic E-state index is 0.140. The quantitative estimate of drug-likeness (QED) is 0.0263. The fraction of sp³-hybridized carbons (Fsp3) is 0.900. The third kappa shape index (κ3) is 31.2. The smallest absolute Gasteiger partial charge is 0.220 e. The highest BCUT2D eigenvalue weighted by Gasteiger charge is 2.44. The summed E-state index contributed by atoms with van der Waals surface area (Å²) in [6.45, 7) is 3.66. The van der Waals surface area contributed by atoms with Gasteiger partial charge in [0, 0.05) is 6.42 Å². The molecule has 1 aliphatic rings. The van der Waals surface area contributed by atoms with Gasteiger partial charge in [-0.15, -0.1) is 0 Å². The van der Waals surface area contributed by atoms with Gasteiger partial charge in [0.1, 0.15) is 24.4 Å². The van der Waals surface area contributed by atoms with Gasteiger partial charge in [-0.25, -0.2) is 0 Å². The molecule has 0 aromatic rings. The summed E-state index contributed by atoms with van der Waals surface area (Å²) in [5, 5.41) is 53.6. The van der Waals surface area contributed by atoms with Crippen LogP contribution < -0.4 is 5.32 Å². The molecule has 0 saturated carbocycles. The van der Waals surface area contributed by atoms with Crippen molar-refractivity contribution in [1.29, 1.82) is 0 Å². The fourth-order valence-electron chi connectivity index (χ4n) is 8.02. The van der Waals surface area contributed by atoms with Crippen LogP contribution >= 0.6 is 0 Å². The maximum absolute atomic E-state index is 12.8. The van der Waals surface area contributed by atoms with Crippen molar-refractivity contribution in [2.24, 2.45) is 0 Å². The van der Waals surface area contributed by atoms with Crippen LogP contribution in [0.1, 0.15) is 232 Å². The molecule has 0 aromatic carbocycles. The van der Waals surface area contributed by atoms with Crippen LogP contribution in [0.15, 0.2) is 24.3 Å². The van der Waals surface area contributed by atoms with Gasteiger partial charge in [0.05, 0.1) is 25.4 Å². The van der Waals surface area contributed by atoms with E-state index in [2.05, 4.69) is 43.5 Å². The molecule has 1 amide bonds. The number of hydrogen-bond acceptors (Lipinski definition) is 8. The Morgan fingerprint density at radius 3 is 1.46 bits per heavy atom. The maximum Gasteiger partial charge on any atom is 0.220 e. The SMILES string of the molecule is CCCCCCC/C=C\C/C=C\CCCCCCCCCCCCCCCCCCCCCCCC(=O)NC(COC1OC(CO)C(O)C(O)C1O)C(O)CCCCC. The van der Waals surface area contributed by atoms with Gasteiger partial charge in [-0.3, -0.25) is 4.79 Å². The van der Waals surface area contributed by atoms with Crippen molar-refractivity contribution in [1.82, 2.24) is 5.32 Å². The van der Waals surface area contributed by atoms with Gasteiger partial charge >= 0.3 is 0 Å². The molecule has 1 heterocycles. The van der Waals surface area contributed by atoms with Crippen molar-refractivity contribution in [2.75, 3.05) is 13.2 Å². The number of ether oxygens (including phenoxy) is 2. The van der Waals surface area contributed by atoms with Crippen molar-refractivity contribution in [3.8, 4) is 0 Å². The first-order valence-corrected chi connectivity index (χ1v) is 25.0. The van der Waals surface area contributed by atoms with Crippen LogP contribution in [-0.4, -0.2) is 87.5 Å². The predicted molar refractivity (Wildman–Crippen MR) is 244 cm³/mol. The van der Waals surface area contributed by atoms with Crippen molar-refractivity contribution < 1.29 is 39.8 Å². The molecule has 0 spiro atoms. The average Bonchev–Trinajstić information content (AvgIpc) is 3.23. The Kier molecular flexibility index (Phi) is 38.4. The monoisotopic (exact) mass is 838 g/mol. The van der Waals surface area contributed by atoms with Gasteiger partial charge in [-0.2, -0.15) is 0 Å². The summed E-state index contributed by atoms with van der Waals surface area (Å²) < 4.78 is 11.1. The number of rotatable bonds is 42. The number of carbonyl (C=O) groups excluding carboxylic acids is 1. The zero-order valence-corrected chi connectivity index (χ0v) is 38.3. The molecule has 7 atom stereocenters. The lowest BCUT2D eigenvalue weighted by Gasteiger charge is -2.40. The third-order valence-corrected chi connectivity index (χ3v) is 12.1. The van der Waals surface area contributed by atoms with E-state index in [-0.39, 0.29) is 12.5 Å². The molecule has 348 valence electrons. The lowest BCUT2D eigenvalue weighted by Crippen LogP contribution is -2.60. The number of nitrogens with one attached hydrogen (secondary N) is 1. The molecule has 9 nitrogen and oxygen atoms in total. The van der Waals surface area contributed by atoms with E-state index in [1.807, 2.05) is 0 Å². The first kappa shape index (κ1) is 55.7. The molecule has 6 N–H and O–H groups in total. The number of aliphatic hydroxyl groups is 5. The fourth-order valence-corrected chi connectivity index (χ4v) is 8.02. The van der Waals surface area contributed by atoms with Gasteiger partial charge in [-0.1, -0.05) is 205 Å². The number of unbranched alkanes of at least 4 members (excludes halogenated alkanes) is 28. The molecule has 1 aliphatic heterocycles. The van der Waals surface area contributed by atoms with Crippen LogP contribution in [0.5, 0.6) is 0 Å². The van der Waals surface area contributed by atoms with Crippen molar-refractivity contribution in [2.45, 2.75) is 275 Å². The Labute approximate surface area is 362 Å². The van der Waals surface area contributed by atoms with Crippen molar-refractivity contribution >= 4 is 5.91 Å². The summed E-state index contributed by atoms with van der Waals surface area (Å²) in [6.07, 6.45) is 43.2. The predicted octanol–water partition coefficient (Wildman–Crippen LogP) is 11.1. The first-order chi connectivity index (χ1) is 28.8.